The first kappa shape index (κ1) is 25.8. The summed E-state index contributed by atoms with van der Waals surface area (Å²) in [6.45, 7) is 3.54. The molecule has 174 valence electrons. The minimum atomic E-state index is -1.45. The normalized spacial score (nSPS) is 18.7. The van der Waals surface area contributed by atoms with Crippen molar-refractivity contribution in [3.8, 4) is 0 Å². The first-order chi connectivity index (χ1) is 14.3. The summed E-state index contributed by atoms with van der Waals surface area (Å²) in [5, 5.41) is 14.0. The average Bonchev–Trinajstić information content (AvgIpc) is 3.13. The van der Waals surface area contributed by atoms with E-state index in [0.29, 0.717) is 12.8 Å². The number of carbonyl (C=O) groups is 6. The van der Waals surface area contributed by atoms with Crippen LogP contribution in [0, 0.1) is 5.92 Å². The van der Waals surface area contributed by atoms with E-state index in [1.54, 1.807) is 13.8 Å². The summed E-state index contributed by atoms with van der Waals surface area (Å²) < 4.78 is 0. The van der Waals surface area contributed by atoms with Crippen molar-refractivity contribution < 1.29 is 33.9 Å². The molecule has 1 rings (SSSR count). The molecule has 1 aliphatic heterocycles. The van der Waals surface area contributed by atoms with Gasteiger partial charge in [-0.1, -0.05) is 13.8 Å². The highest BCUT2D eigenvalue weighted by Gasteiger charge is 2.39. The van der Waals surface area contributed by atoms with Gasteiger partial charge in [-0.3, -0.25) is 24.0 Å². The second-order valence-electron chi connectivity index (χ2n) is 7.77. The Labute approximate surface area is 179 Å². The number of aliphatic carboxylic acids is 1. The summed E-state index contributed by atoms with van der Waals surface area (Å²) in [6, 6.07) is -4.88. The molecule has 1 heterocycles. The lowest BCUT2D eigenvalue weighted by Crippen LogP contribution is -2.59. The minimum absolute atomic E-state index is 0.234. The Morgan fingerprint density at radius 1 is 1.00 bits per heavy atom. The molecule has 9 N–H and O–H groups in total. The highest BCUT2D eigenvalue weighted by molar-refractivity contribution is 5.97. The Morgan fingerprint density at radius 3 is 2.06 bits per heavy atom. The van der Waals surface area contributed by atoms with Gasteiger partial charge in [-0.25, -0.2) is 4.79 Å². The van der Waals surface area contributed by atoms with E-state index >= 15 is 0 Å². The number of carboxylic acid groups (broad SMARTS) is 1. The summed E-state index contributed by atoms with van der Waals surface area (Å²) >= 11 is 0. The highest BCUT2D eigenvalue weighted by Crippen LogP contribution is 2.20. The Bertz CT molecular complexity index is 741. The fourth-order valence-corrected chi connectivity index (χ4v) is 3.23. The number of nitrogens with one attached hydrogen (secondary N) is 2. The van der Waals surface area contributed by atoms with E-state index in [4.69, 9.17) is 17.2 Å². The third kappa shape index (κ3) is 7.51. The molecular formula is C18H30N6O7. The van der Waals surface area contributed by atoms with Gasteiger partial charge >= 0.3 is 5.97 Å². The van der Waals surface area contributed by atoms with Crippen LogP contribution in [0.3, 0.4) is 0 Å². The topological polar surface area (TPSA) is 228 Å². The predicted molar refractivity (Wildman–Crippen MR) is 107 cm³/mol. The molecule has 0 saturated carbocycles. The van der Waals surface area contributed by atoms with E-state index in [-0.39, 0.29) is 6.54 Å². The number of likely N-dealkylation sites (tertiary alicyclic amines) is 1. The molecule has 0 aromatic heterocycles. The largest absolute Gasteiger partial charge is 0.480 e. The molecule has 0 aliphatic carbocycles. The summed E-state index contributed by atoms with van der Waals surface area (Å²) in [7, 11) is 0. The lowest BCUT2D eigenvalue weighted by molar-refractivity contribution is -0.150. The minimum Gasteiger partial charge on any atom is -0.480 e. The number of rotatable bonds is 11. The molecule has 0 spiro atoms. The maximum absolute atomic E-state index is 12.9. The van der Waals surface area contributed by atoms with Gasteiger partial charge in [-0.15, -0.1) is 0 Å². The van der Waals surface area contributed by atoms with Crippen molar-refractivity contribution in [3.63, 3.8) is 0 Å². The van der Waals surface area contributed by atoms with Crippen molar-refractivity contribution in [1.82, 2.24) is 15.5 Å². The molecule has 0 bridgehead atoms. The summed E-state index contributed by atoms with van der Waals surface area (Å²) in [5.41, 5.74) is 15.7. The number of nitrogens with two attached hydrogens (primary N) is 3. The maximum Gasteiger partial charge on any atom is 0.326 e. The van der Waals surface area contributed by atoms with Crippen LogP contribution in [0.5, 0.6) is 0 Å². The Kier molecular flexibility index (Phi) is 9.37. The molecule has 0 aromatic carbocycles. The Morgan fingerprint density at radius 2 is 1.58 bits per heavy atom. The lowest BCUT2D eigenvalue weighted by Gasteiger charge is -2.30. The van der Waals surface area contributed by atoms with Gasteiger partial charge < -0.3 is 37.8 Å². The SMILES string of the molecule is CC(C)C(NC(=O)C(CC(N)=O)NC(=O)C(N)CC(N)=O)C(=O)N1CCCC1C(=O)O. The molecule has 5 amide bonds. The average molecular weight is 442 g/mol. The van der Waals surface area contributed by atoms with Crippen LogP contribution in [0.25, 0.3) is 0 Å². The van der Waals surface area contributed by atoms with Crippen LogP contribution in [-0.4, -0.2) is 76.2 Å². The monoisotopic (exact) mass is 442 g/mol. The molecular weight excluding hydrogens is 412 g/mol. The number of amides is 5. The van der Waals surface area contributed by atoms with Crippen molar-refractivity contribution >= 4 is 35.5 Å². The van der Waals surface area contributed by atoms with E-state index in [0.717, 1.165) is 0 Å². The summed E-state index contributed by atoms with van der Waals surface area (Å²) in [4.78, 5) is 72.7. The van der Waals surface area contributed by atoms with Gasteiger partial charge in [0.1, 0.15) is 18.1 Å². The zero-order chi connectivity index (χ0) is 23.9. The van der Waals surface area contributed by atoms with Crippen LogP contribution in [0.4, 0.5) is 0 Å². The molecule has 0 aromatic rings. The third-order valence-corrected chi connectivity index (χ3v) is 4.85. The van der Waals surface area contributed by atoms with E-state index < -0.39 is 78.4 Å². The van der Waals surface area contributed by atoms with E-state index in [1.165, 1.54) is 4.90 Å². The van der Waals surface area contributed by atoms with Gasteiger partial charge in [0.2, 0.25) is 29.5 Å². The molecule has 31 heavy (non-hydrogen) atoms. The van der Waals surface area contributed by atoms with Crippen LogP contribution in [0.15, 0.2) is 0 Å². The number of hydrogen-bond donors (Lipinski definition) is 6. The first-order valence-electron chi connectivity index (χ1n) is 9.81. The van der Waals surface area contributed by atoms with Crippen LogP contribution >= 0.6 is 0 Å². The maximum atomic E-state index is 12.9. The molecule has 0 radical (unpaired) electrons. The second kappa shape index (κ2) is 11.2. The first-order valence-corrected chi connectivity index (χ1v) is 9.81. The number of carboxylic acids is 1. The lowest BCUT2D eigenvalue weighted by atomic mass is 10.0. The highest BCUT2D eigenvalue weighted by atomic mass is 16.4. The number of hydrogen-bond acceptors (Lipinski definition) is 7. The van der Waals surface area contributed by atoms with Gasteiger partial charge in [-0.05, 0) is 18.8 Å². The summed E-state index contributed by atoms with van der Waals surface area (Å²) in [6.07, 6.45) is -0.242. The molecule has 13 nitrogen and oxygen atoms in total. The number of carbonyl (C=O) groups excluding carboxylic acids is 5. The van der Waals surface area contributed by atoms with Crippen LogP contribution in [0.1, 0.15) is 39.5 Å². The van der Waals surface area contributed by atoms with Crippen LogP contribution < -0.4 is 27.8 Å². The van der Waals surface area contributed by atoms with Gasteiger partial charge in [0.05, 0.1) is 18.9 Å². The molecule has 4 unspecified atom stereocenters. The van der Waals surface area contributed by atoms with E-state index in [9.17, 15) is 33.9 Å². The second-order valence-corrected chi connectivity index (χ2v) is 7.77. The Hall–Kier alpha value is -3.22. The van der Waals surface area contributed by atoms with Gasteiger partial charge in [0, 0.05) is 6.54 Å². The van der Waals surface area contributed by atoms with Crippen molar-refractivity contribution in [2.45, 2.75) is 63.7 Å². The number of nitrogens with zero attached hydrogens (tertiary/aromatic N) is 1. The molecule has 1 fully saturated rings. The van der Waals surface area contributed by atoms with Gasteiger partial charge in [0.25, 0.3) is 0 Å². The smallest absolute Gasteiger partial charge is 0.326 e. The predicted octanol–water partition coefficient (Wildman–Crippen LogP) is -3.23. The third-order valence-electron chi connectivity index (χ3n) is 4.85. The summed E-state index contributed by atoms with van der Waals surface area (Å²) in [5.74, 6) is -5.66. The van der Waals surface area contributed by atoms with Crippen LogP contribution in [-0.2, 0) is 28.8 Å². The van der Waals surface area contributed by atoms with E-state index in [1.807, 2.05) is 0 Å². The van der Waals surface area contributed by atoms with Gasteiger partial charge in [-0.2, -0.15) is 0 Å². The standard InChI is InChI=1S/C18H30N6O7/c1-8(2)14(17(29)24-5-3-4-11(24)18(30)31)23-16(28)10(7-13(21)26)22-15(27)9(19)6-12(20)25/h8-11,14H,3-7,19H2,1-2H3,(H2,20,25)(H2,21,26)(H,22,27)(H,23,28)(H,30,31). The zero-order valence-corrected chi connectivity index (χ0v) is 17.5. The molecule has 13 heteroatoms. The van der Waals surface area contributed by atoms with Crippen molar-refractivity contribution in [2.75, 3.05) is 6.54 Å². The fraction of sp³-hybridized carbons (Fsp3) is 0.667. The van der Waals surface area contributed by atoms with Crippen molar-refractivity contribution in [1.29, 1.82) is 0 Å². The Balaban J connectivity index is 2.97. The molecule has 1 aliphatic rings. The quantitative estimate of drug-likeness (QED) is 0.190. The fourth-order valence-electron chi connectivity index (χ4n) is 3.23. The van der Waals surface area contributed by atoms with E-state index in [2.05, 4.69) is 10.6 Å². The zero-order valence-electron chi connectivity index (χ0n) is 17.5. The molecule has 4 atom stereocenters. The molecule has 1 saturated heterocycles. The van der Waals surface area contributed by atoms with Crippen molar-refractivity contribution in [3.05, 3.63) is 0 Å². The van der Waals surface area contributed by atoms with Crippen molar-refractivity contribution in [2.24, 2.45) is 23.1 Å². The number of primary amides is 2. The van der Waals surface area contributed by atoms with Crippen LogP contribution in [0.2, 0.25) is 0 Å². The van der Waals surface area contributed by atoms with Gasteiger partial charge in [0.15, 0.2) is 0 Å².